The first-order chi connectivity index (χ1) is 21.0. The van der Waals surface area contributed by atoms with Crippen molar-refractivity contribution < 1.29 is 27.1 Å². The van der Waals surface area contributed by atoms with Gasteiger partial charge < -0.3 is 14.5 Å². The molecule has 234 valence electrons. The molecule has 2 fully saturated rings. The topological polar surface area (TPSA) is 70.9 Å². The average Bonchev–Trinajstić information content (AvgIpc) is 3.21. The number of ether oxygens (including phenoxy) is 1. The number of hydrogen-bond acceptors (Lipinski definition) is 7. The first-order valence-electron chi connectivity index (χ1n) is 14.6. The molecule has 3 aliphatic rings. The van der Waals surface area contributed by atoms with Crippen LogP contribution in [0.25, 0.3) is 22.0 Å². The van der Waals surface area contributed by atoms with Crippen LogP contribution in [0.15, 0.2) is 52.7 Å². The fourth-order valence-corrected chi connectivity index (χ4v) is 7.91. The number of nitrogens with zero attached hydrogens (tertiary/aromatic N) is 5. The average molecular weight is 632 g/mol. The molecule has 1 unspecified atom stereocenters. The summed E-state index contributed by atoms with van der Waals surface area (Å²) in [7, 11) is 0. The van der Waals surface area contributed by atoms with Gasteiger partial charge in [-0.1, -0.05) is 18.7 Å². The molecule has 1 aromatic heterocycles. The third-order valence-corrected chi connectivity index (χ3v) is 9.97. The first-order valence-corrected chi connectivity index (χ1v) is 15.6. The molecule has 4 heterocycles. The van der Waals surface area contributed by atoms with Crippen molar-refractivity contribution in [2.45, 2.75) is 49.6 Å². The second-order valence-corrected chi connectivity index (χ2v) is 12.5. The second kappa shape index (κ2) is 11.8. The van der Waals surface area contributed by atoms with Gasteiger partial charge in [0.1, 0.15) is 11.6 Å². The van der Waals surface area contributed by atoms with Crippen molar-refractivity contribution >= 4 is 34.4 Å². The van der Waals surface area contributed by atoms with Crippen molar-refractivity contribution in [3.8, 4) is 11.1 Å². The van der Waals surface area contributed by atoms with Crippen LogP contribution in [0.4, 0.5) is 23.4 Å². The predicted molar refractivity (Wildman–Crippen MR) is 161 cm³/mol. The molecule has 44 heavy (non-hydrogen) atoms. The number of amides is 1. The van der Waals surface area contributed by atoms with Crippen LogP contribution in [0.1, 0.15) is 19.4 Å². The summed E-state index contributed by atoms with van der Waals surface area (Å²) in [6.07, 6.45) is -3.51. The van der Waals surface area contributed by atoms with Gasteiger partial charge in [-0.15, -0.1) is 11.8 Å². The lowest BCUT2D eigenvalue weighted by atomic mass is 9.96. The maximum Gasteiger partial charge on any atom is 0.417 e. The Bertz CT molecular complexity index is 1660. The SMILES string of the molecule is C=CC(=O)N1C[C@H](C)N(c2nc(=O)n3c4c(c(-c5ccc(F)cc5)c(C(F)(F)F)cc24)SCC(N2CCOCC2)C3)C[C@H]1C. The van der Waals surface area contributed by atoms with E-state index in [4.69, 9.17) is 4.74 Å². The summed E-state index contributed by atoms with van der Waals surface area (Å²) in [4.78, 5) is 36.8. The van der Waals surface area contributed by atoms with Crippen molar-refractivity contribution in [2.24, 2.45) is 0 Å². The van der Waals surface area contributed by atoms with Crippen LogP contribution >= 0.6 is 11.8 Å². The van der Waals surface area contributed by atoms with Gasteiger partial charge in [-0.2, -0.15) is 18.2 Å². The van der Waals surface area contributed by atoms with Gasteiger partial charge in [-0.3, -0.25) is 14.3 Å². The van der Waals surface area contributed by atoms with Gasteiger partial charge in [0.25, 0.3) is 0 Å². The quantitative estimate of drug-likeness (QED) is 0.307. The lowest BCUT2D eigenvalue weighted by molar-refractivity contribution is -0.137. The van der Waals surface area contributed by atoms with E-state index in [1.54, 1.807) is 4.90 Å². The molecule has 1 amide bonds. The van der Waals surface area contributed by atoms with E-state index in [0.717, 1.165) is 18.2 Å². The van der Waals surface area contributed by atoms with Gasteiger partial charge in [0, 0.05) is 72.4 Å². The van der Waals surface area contributed by atoms with Gasteiger partial charge in [0.2, 0.25) is 5.91 Å². The second-order valence-electron chi connectivity index (χ2n) is 11.5. The molecule has 6 rings (SSSR count). The number of alkyl halides is 3. The number of halogens is 4. The number of piperazine rings is 1. The zero-order valence-electron chi connectivity index (χ0n) is 24.4. The monoisotopic (exact) mass is 631 g/mol. The van der Waals surface area contributed by atoms with Crippen molar-refractivity contribution in [1.82, 2.24) is 19.4 Å². The smallest absolute Gasteiger partial charge is 0.379 e. The van der Waals surface area contributed by atoms with Crippen LogP contribution in [-0.4, -0.2) is 88.5 Å². The molecule has 8 nitrogen and oxygen atoms in total. The molecule has 0 bridgehead atoms. The zero-order chi connectivity index (χ0) is 31.3. The summed E-state index contributed by atoms with van der Waals surface area (Å²) in [5, 5.41) is 0.218. The van der Waals surface area contributed by atoms with Crippen molar-refractivity contribution in [3.63, 3.8) is 0 Å². The molecule has 3 atom stereocenters. The molecule has 0 N–H and O–H groups in total. The Hall–Kier alpha value is -3.42. The Kier molecular flexibility index (Phi) is 8.22. The van der Waals surface area contributed by atoms with E-state index >= 15 is 0 Å². The molecule has 2 saturated heterocycles. The van der Waals surface area contributed by atoms with E-state index in [1.165, 1.54) is 34.5 Å². The van der Waals surface area contributed by atoms with Crippen molar-refractivity contribution in [3.05, 3.63) is 64.9 Å². The van der Waals surface area contributed by atoms with Crippen LogP contribution < -0.4 is 10.6 Å². The Morgan fingerprint density at radius 1 is 1.09 bits per heavy atom. The van der Waals surface area contributed by atoms with Crippen LogP contribution in [0.3, 0.4) is 0 Å². The largest absolute Gasteiger partial charge is 0.417 e. The predicted octanol–water partition coefficient (Wildman–Crippen LogP) is 4.64. The minimum atomic E-state index is -4.75. The van der Waals surface area contributed by atoms with Crippen molar-refractivity contribution in [2.75, 3.05) is 50.0 Å². The summed E-state index contributed by atoms with van der Waals surface area (Å²) in [6.45, 7) is 10.5. The molecule has 13 heteroatoms. The lowest BCUT2D eigenvalue weighted by Crippen LogP contribution is -2.58. The molecule has 0 saturated carbocycles. The van der Waals surface area contributed by atoms with Gasteiger partial charge in [0.05, 0.1) is 24.3 Å². The Morgan fingerprint density at radius 3 is 2.45 bits per heavy atom. The third kappa shape index (κ3) is 5.49. The standard InChI is InChI=1S/C31H33F4N5O3S/c1-4-25(41)38-14-19(3)39(15-18(38)2)29-23-13-24(31(33,34)35)26(20-5-7-21(32)8-6-20)28-27(23)40(30(42)36-29)16-22(17-44-28)37-9-11-43-12-10-37/h4-8,13,18-19,22H,1,9-12,14-17H2,2-3H3/t18-,19+,22?/m1/s1. The van der Waals surface area contributed by atoms with Crippen LogP contribution in [0.2, 0.25) is 0 Å². The molecule has 3 aliphatic heterocycles. The molecule has 0 spiro atoms. The zero-order valence-corrected chi connectivity index (χ0v) is 25.3. The third-order valence-electron chi connectivity index (χ3n) is 8.73. The number of anilines is 1. The summed E-state index contributed by atoms with van der Waals surface area (Å²) in [5.41, 5.74) is -0.908. The molecular formula is C31H33F4N5O3S. The van der Waals surface area contributed by atoms with E-state index in [9.17, 15) is 27.2 Å². The summed E-state index contributed by atoms with van der Waals surface area (Å²) in [5.74, 6) is -0.195. The fraction of sp³-hybridized carbons (Fsp3) is 0.452. The number of hydrogen-bond donors (Lipinski definition) is 0. The molecule has 0 aliphatic carbocycles. The van der Waals surface area contributed by atoms with Crippen LogP contribution in [0.5, 0.6) is 0 Å². The van der Waals surface area contributed by atoms with Gasteiger partial charge in [0.15, 0.2) is 0 Å². The fourth-order valence-electron chi connectivity index (χ4n) is 6.50. The summed E-state index contributed by atoms with van der Waals surface area (Å²) < 4.78 is 65.8. The van der Waals surface area contributed by atoms with Gasteiger partial charge in [-0.25, -0.2) is 9.18 Å². The molecule has 0 radical (unpaired) electrons. The van der Waals surface area contributed by atoms with Crippen LogP contribution in [0, 0.1) is 5.82 Å². The van der Waals surface area contributed by atoms with E-state index in [1.807, 2.05) is 18.7 Å². The summed E-state index contributed by atoms with van der Waals surface area (Å²) >= 11 is 1.29. The minimum Gasteiger partial charge on any atom is -0.379 e. The Labute approximate surface area is 256 Å². The Balaban J connectivity index is 1.60. The minimum absolute atomic E-state index is 0.0780. The molecular weight excluding hydrogens is 598 g/mol. The van der Waals surface area contributed by atoms with E-state index < -0.39 is 23.2 Å². The molecule has 3 aromatic rings. The number of rotatable bonds is 4. The first kappa shape index (κ1) is 30.6. The van der Waals surface area contributed by atoms with E-state index in [2.05, 4.69) is 16.5 Å². The van der Waals surface area contributed by atoms with Gasteiger partial charge in [-0.05, 0) is 43.7 Å². The number of thioether (sulfide) groups is 1. The number of carbonyl (C=O) groups is 1. The Morgan fingerprint density at radius 2 is 1.80 bits per heavy atom. The summed E-state index contributed by atoms with van der Waals surface area (Å²) in [6, 6.07) is 5.28. The number of benzene rings is 2. The number of carbonyl (C=O) groups excluding carboxylic acids is 1. The van der Waals surface area contributed by atoms with E-state index in [0.29, 0.717) is 49.0 Å². The number of morpholine rings is 1. The maximum atomic E-state index is 15.0. The highest BCUT2D eigenvalue weighted by atomic mass is 32.2. The maximum absolute atomic E-state index is 15.0. The number of aromatic nitrogens is 2. The lowest BCUT2D eigenvalue weighted by Gasteiger charge is -2.44. The normalized spacial score (nSPS) is 23.1. The van der Waals surface area contributed by atoms with Crippen LogP contribution in [-0.2, 0) is 22.3 Å². The van der Waals surface area contributed by atoms with Gasteiger partial charge >= 0.3 is 11.9 Å². The highest BCUT2D eigenvalue weighted by Crippen LogP contribution is 2.48. The highest BCUT2D eigenvalue weighted by Gasteiger charge is 2.40. The van der Waals surface area contributed by atoms with Crippen molar-refractivity contribution in [1.29, 1.82) is 0 Å². The molecule has 2 aromatic carbocycles. The van der Waals surface area contributed by atoms with E-state index in [-0.39, 0.29) is 59.5 Å². The highest BCUT2D eigenvalue weighted by molar-refractivity contribution is 7.99.